The minimum Gasteiger partial charge on any atom is -0.493 e. The lowest BCUT2D eigenvalue weighted by molar-refractivity contribution is 0.0858. The summed E-state index contributed by atoms with van der Waals surface area (Å²) in [5.74, 6) is 1.07. The molecule has 2 aliphatic heterocycles. The Hall–Kier alpha value is -0.770. The van der Waals surface area contributed by atoms with Gasteiger partial charge in [0.05, 0.1) is 6.61 Å². The summed E-state index contributed by atoms with van der Waals surface area (Å²) in [7, 11) is 0. The Morgan fingerprint density at radius 3 is 3.05 bits per heavy atom. The lowest BCUT2D eigenvalue weighted by Crippen LogP contribution is -2.61. The van der Waals surface area contributed by atoms with Crippen LogP contribution in [0.25, 0.3) is 0 Å². The van der Waals surface area contributed by atoms with Gasteiger partial charge in [-0.2, -0.15) is 0 Å². The summed E-state index contributed by atoms with van der Waals surface area (Å²) in [6, 6.07) is 4.65. The van der Waals surface area contributed by atoms with Crippen molar-refractivity contribution >= 4 is 11.6 Å². The van der Waals surface area contributed by atoms with Gasteiger partial charge in [0.15, 0.2) is 0 Å². The first-order valence-corrected chi connectivity index (χ1v) is 8.32. The number of hydrogen-bond donors (Lipinski definition) is 1. The SMILES string of the molecule is CCC1(C)CN(Cc2cc(Cl)cc3c2OCC3)C(C)CN1. The van der Waals surface area contributed by atoms with E-state index < -0.39 is 0 Å². The van der Waals surface area contributed by atoms with E-state index in [9.17, 15) is 0 Å². The van der Waals surface area contributed by atoms with Gasteiger partial charge < -0.3 is 10.1 Å². The van der Waals surface area contributed by atoms with Gasteiger partial charge in [-0.3, -0.25) is 4.90 Å². The minimum absolute atomic E-state index is 0.203. The van der Waals surface area contributed by atoms with Gasteiger partial charge in [0.1, 0.15) is 5.75 Å². The molecule has 2 atom stereocenters. The van der Waals surface area contributed by atoms with Gasteiger partial charge in [-0.25, -0.2) is 0 Å². The van der Waals surface area contributed by atoms with Crippen molar-refractivity contribution in [3.05, 3.63) is 28.3 Å². The number of nitrogens with one attached hydrogen (secondary N) is 1. The molecule has 1 aromatic rings. The molecule has 0 bridgehead atoms. The fraction of sp³-hybridized carbons (Fsp3) is 0.647. The Morgan fingerprint density at radius 1 is 1.48 bits per heavy atom. The molecule has 1 fully saturated rings. The van der Waals surface area contributed by atoms with Gasteiger partial charge >= 0.3 is 0 Å². The smallest absolute Gasteiger partial charge is 0.127 e. The molecular weight excluding hydrogens is 284 g/mol. The van der Waals surface area contributed by atoms with E-state index in [1.54, 1.807) is 0 Å². The highest BCUT2D eigenvalue weighted by Crippen LogP contribution is 2.34. The Balaban J connectivity index is 1.83. The zero-order chi connectivity index (χ0) is 15.0. The van der Waals surface area contributed by atoms with Crippen LogP contribution in [0, 0.1) is 0 Å². The summed E-state index contributed by atoms with van der Waals surface area (Å²) in [4.78, 5) is 2.55. The first kappa shape index (κ1) is 15.1. The van der Waals surface area contributed by atoms with Crippen molar-refractivity contribution in [3.63, 3.8) is 0 Å². The van der Waals surface area contributed by atoms with Gasteiger partial charge in [-0.05, 0) is 38.0 Å². The predicted molar refractivity (Wildman–Crippen MR) is 87.2 cm³/mol. The van der Waals surface area contributed by atoms with Crippen molar-refractivity contribution in [1.29, 1.82) is 0 Å². The molecule has 0 aliphatic carbocycles. The summed E-state index contributed by atoms with van der Waals surface area (Å²) in [6.45, 7) is 10.6. The number of piperazine rings is 1. The second kappa shape index (κ2) is 5.79. The van der Waals surface area contributed by atoms with Crippen LogP contribution in [0.2, 0.25) is 5.02 Å². The van der Waals surface area contributed by atoms with Crippen molar-refractivity contribution < 1.29 is 4.74 Å². The molecule has 0 aromatic heterocycles. The second-order valence-corrected chi connectivity index (χ2v) is 7.14. The molecule has 21 heavy (non-hydrogen) atoms. The van der Waals surface area contributed by atoms with Crippen LogP contribution in [0.3, 0.4) is 0 Å². The topological polar surface area (TPSA) is 24.5 Å². The second-order valence-electron chi connectivity index (χ2n) is 6.70. The summed E-state index contributed by atoms with van der Waals surface area (Å²) in [5, 5.41) is 4.50. The van der Waals surface area contributed by atoms with Crippen LogP contribution < -0.4 is 10.1 Å². The molecule has 0 radical (unpaired) electrons. The summed E-state index contributed by atoms with van der Waals surface area (Å²) in [5.41, 5.74) is 2.70. The third-order valence-corrected chi connectivity index (χ3v) is 5.20. The number of nitrogens with zero attached hydrogens (tertiary/aromatic N) is 1. The predicted octanol–water partition coefficient (Wildman–Crippen LogP) is 3.24. The lowest BCUT2D eigenvalue weighted by Gasteiger charge is -2.45. The number of rotatable bonds is 3. The van der Waals surface area contributed by atoms with Gasteiger partial charge in [-0.15, -0.1) is 0 Å². The van der Waals surface area contributed by atoms with Crippen molar-refractivity contribution in [2.24, 2.45) is 0 Å². The van der Waals surface area contributed by atoms with E-state index >= 15 is 0 Å². The average molecular weight is 309 g/mol. The van der Waals surface area contributed by atoms with Gasteiger partial charge in [0, 0.05) is 48.2 Å². The normalized spacial score (nSPS) is 29.2. The van der Waals surface area contributed by atoms with E-state index in [-0.39, 0.29) is 5.54 Å². The molecule has 2 heterocycles. The Labute approximate surface area is 132 Å². The van der Waals surface area contributed by atoms with Crippen LogP contribution in [0.15, 0.2) is 12.1 Å². The minimum atomic E-state index is 0.203. The maximum absolute atomic E-state index is 6.28. The first-order chi connectivity index (χ1) is 10.0. The summed E-state index contributed by atoms with van der Waals surface area (Å²) in [6.07, 6.45) is 2.12. The molecule has 4 heteroatoms. The molecule has 3 nitrogen and oxygen atoms in total. The molecule has 1 N–H and O–H groups in total. The Bertz CT molecular complexity index is 534. The van der Waals surface area contributed by atoms with Crippen LogP contribution >= 0.6 is 11.6 Å². The first-order valence-electron chi connectivity index (χ1n) is 7.94. The molecule has 1 saturated heterocycles. The van der Waals surface area contributed by atoms with E-state index in [4.69, 9.17) is 16.3 Å². The van der Waals surface area contributed by atoms with Crippen LogP contribution in [0.4, 0.5) is 0 Å². The summed E-state index contributed by atoms with van der Waals surface area (Å²) < 4.78 is 5.84. The molecule has 2 aliphatic rings. The van der Waals surface area contributed by atoms with E-state index in [1.807, 2.05) is 6.07 Å². The monoisotopic (exact) mass is 308 g/mol. The maximum Gasteiger partial charge on any atom is 0.127 e. The van der Waals surface area contributed by atoms with Crippen LogP contribution in [0.1, 0.15) is 38.3 Å². The third kappa shape index (κ3) is 3.05. The largest absolute Gasteiger partial charge is 0.493 e. The number of ether oxygens (including phenoxy) is 1. The van der Waals surface area contributed by atoms with Crippen LogP contribution in [-0.4, -0.2) is 36.2 Å². The average Bonchev–Trinajstić information content (AvgIpc) is 2.91. The molecule has 0 spiro atoms. The highest BCUT2D eigenvalue weighted by atomic mass is 35.5. The van der Waals surface area contributed by atoms with Crippen molar-refractivity contribution in [3.8, 4) is 5.75 Å². The fourth-order valence-corrected chi connectivity index (χ4v) is 3.58. The number of fused-ring (bicyclic) bond motifs is 1. The Morgan fingerprint density at radius 2 is 2.29 bits per heavy atom. The van der Waals surface area contributed by atoms with Crippen molar-refractivity contribution in [2.75, 3.05) is 19.7 Å². The van der Waals surface area contributed by atoms with Crippen LogP contribution in [-0.2, 0) is 13.0 Å². The molecule has 0 amide bonds. The zero-order valence-corrected chi connectivity index (χ0v) is 14.0. The summed E-state index contributed by atoms with van der Waals surface area (Å²) >= 11 is 6.28. The maximum atomic E-state index is 6.28. The molecule has 3 rings (SSSR count). The Kier molecular flexibility index (Phi) is 4.17. The van der Waals surface area contributed by atoms with Gasteiger partial charge in [0.2, 0.25) is 0 Å². The van der Waals surface area contributed by atoms with E-state index in [2.05, 4.69) is 37.1 Å². The zero-order valence-electron chi connectivity index (χ0n) is 13.2. The van der Waals surface area contributed by atoms with Crippen LogP contribution in [0.5, 0.6) is 5.75 Å². The molecule has 2 unspecified atom stereocenters. The van der Waals surface area contributed by atoms with E-state index in [0.29, 0.717) is 6.04 Å². The van der Waals surface area contributed by atoms with E-state index in [0.717, 1.165) is 49.9 Å². The molecule has 1 aromatic carbocycles. The number of halogens is 1. The third-order valence-electron chi connectivity index (χ3n) is 4.98. The standard InChI is InChI=1S/C17H25ClN2O/c1-4-17(3)11-20(12(2)9-19-17)10-14-8-15(18)7-13-5-6-21-16(13)14/h7-8,12,19H,4-6,9-11H2,1-3H3. The van der Waals surface area contributed by atoms with Crippen molar-refractivity contribution in [1.82, 2.24) is 10.2 Å². The fourth-order valence-electron chi connectivity index (χ4n) is 3.31. The van der Waals surface area contributed by atoms with E-state index in [1.165, 1.54) is 11.1 Å². The lowest BCUT2D eigenvalue weighted by atomic mass is 9.93. The molecule has 0 saturated carbocycles. The highest BCUT2D eigenvalue weighted by Gasteiger charge is 2.33. The molecule has 116 valence electrons. The highest BCUT2D eigenvalue weighted by molar-refractivity contribution is 6.30. The van der Waals surface area contributed by atoms with Gasteiger partial charge in [0.25, 0.3) is 0 Å². The number of benzene rings is 1. The molecular formula is C17H25ClN2O. The number of hydrogen-bond acceptors (Lipinski definition) is 3. The van der Waals surface area contributed by atoms with Gasteiger partial charge in [-0.1, -0.05) is 18.5 Å². The quantitative estimate of drug-likeness (QED) is 0.928. The van der Waals surface area contributed by atoms with Crippen molar-refractivity contribution in [2.45, 2.75) is 51.7 Å².